The van der Waals surface area contributed by atoms with Crippen molar-refractivity contribution in [3.63, 3.8) is 0 Å². The van der Waals surface area contributed by atoms with Gasteiger partial charge in [-0.3, -0.25) is 9.69 Å². The van der Waals surface area contributed by atoms with Gasteiger partial charge in [-0.2, -0.15) is 4.31 Å². The van der Waals surface area contributed by atoms with Crippen LogP contribution in [0.25, 0.3) is 0 Å². The summed E-state index contributed by atoms with van der Waals surface area (Å²) in [4.78, 5) is 14.3. The minimum absolute atomic E-state index is 0.158. The van der Waals surface area contributed by atoms with Gasteiger partial charge in [-0.05, 0) is 12.5 Å². The summed E-state index contributed by atoms with van der Waals surface area (Å²) >= 11 is 0. The Bertz CT molecular complexity index is 655. The van der Waals surface area contributed by atoms with Crippen LogP contribution < -0.4 is 5.32 Å². The van der Waals surface area contributed by atoms with Crippen LogP contribution in [0.15, 0.2) is 24.3 Å². The van der Waals surface area contributed by atoms with E-state index >= 15 is 0 Å². The second kappa shape index (κ2) is 9.28. The van der Waals surface area contributed by atoms with Crippen LogP contribution in [-0.4, -0.2) is 75.7 Å². The van der Waals surface area contributed by atoms with Crippen molar-refractivity contribution >= 4 is 15.9 Å². The highest BCUT2D eigenvalue weighted by Gasteiger charge is 2.21. The summed E-state index contributed by atoms with van der Waals surface area (Å²) in [5, 5.41) is 2.78. The van der Waals surface area contributed by atoms with Gasteiger partial charge < -0.3 is 10.1 Å². The highest BCUT2D eigenvalue weighted by molar-refractivity contribution is 7.88. The summed E-state index contributed by atoms with van der Waals surface area (Å²) in [5.74, 6) is -0.298. The number of hydrogen-bond donors (Lipinski definition) is 1. The van der Waals surface area contributed by atoms with E-state index in [-0.39, 0.29) is 12.5 Å². The molecule has 0 radical (unpaired) electrons. The number of ether oxygens (including phenoxy) is 1. The van der Waals surface area contributed by atoms with Crippen LogP contribution in [0.3, 0.4) is 0 Å². The zero-order chi connectivity index (χ0) is 18.3. The van der Waals surface area contributed by atoms with E-state index in [0.29, 0.717) is 32.8 Å². The minimum Gasteiger partial charge on any atom is -0.379 e. The molecule has 1 amide bonds. The molecule has 1 aromatic rings. The second-order valence-electron chi connectivity index (χ2n) is 6.31. The van der Waals surface area contributed by atoms with Gasteiger partial charge in [0.15, 0.2) is 0 Å². The van der Waals surface area contributed by atoms with Gasteiger partial charge in [-0.25, -0.2) is 8.42 Å². The smallest absolute Gasteiger partial charge is 0.235 e. The van der Waals surface area contributed by atoms with Gasteiger partial charge in [0.1, 0.15) is 0 Å². The van der Waals surface area contributed by atoms with E-state index in [1.807, 2.05) is 31.2 Å². The third-order valence-electron chi connectivity index (χ3n) is 4.17. The molecule has 140 valence electrons. The number of morpholine rings is 1. The average Bonchev–Trinajstić information content (AvgIpc) is 2.58. The molecule has 1 N–H and O–H groups in total. The first-order valence-corrected chi connectivity index (χ1v) is 10.3. The number of rotatable bonds is 8. The zero-order valence-electron chi connectivity index (χ0n) is 14.9. The van der Waals surface area contributed by atoms with Crippen LogP contribution in [0.5, 0.6) is 0 Å². The van der Waals surface area contributed by atoms with Gasteiger partial charge >= 0.3 is 0 Å². The molecule has 25 heavy (non-hydrogen) atoms. The van der Waals surface area contributed by atoms with Crippen LogP contribution in [-0.2, 0) is 26.1 Å². The van der Waals surface area contributed by atoms with E-state index < -0.39 is 10.0 Å². The SMILES string of the molecule is Cc1ccc(CNC(=O)CN(CCN2CCOCC2)S(C)(=O)=O)cc1. The van der Waals surface area contributed by atoms with Crippen LogP contribution in [0.2, 0.25) is 0 Å². The number of carbonyl (C=O) groups is 1. The van der Waals surface area contributed by atoms with Crippen LogP contribution in [0.1, 0.15) is 11.1 Å². The molecular formula is C17H27N3O4S. The molecule has 1 fully saturated rings. The number of carbonyl (C=O) groups excluding carboxylic acids is 1. The predicted molar refractivity (Wildman–Crippen MR) is 96.7 cm³/mol. The predicted octanol–water partition coefficient (Wildman–Crippen LogP) is 0.205. The Kier molecular flexibility index (Phi) is 7.37. The molecule has 1 heterocycles. The van der Waals surface area contributed by atoms with Crippen molar-refractivity contribution in [3.8, 4) is 0 Å². The number of sulfonamides is 1. The maximum absolute atomic E-state index is 12.1. The minimum atomic E-state index is -3.43. The first-order valence-electron chi connectivity index (χ1n) is 8.42. The molecule has 0 saturated carbocycles. The van der Waals surface area contributed by atoms with Crippen molar-refractivity contribution in [1.29, 1.82) is 0 Å². The molecule has 0 atom stereocenters. The van der Waals surface area contributed by atoms with Crippen molar-refractivity contribution in [2.75, 3.05) is 52.2 Å². The Balaban J connectivity index is 1.83. The van der Waals surface area contributed by atoms with Gasteiger partial charge in [-0.15, -0.1) is 0 Å². The lowest BCUT2D eigenvalue weighted by atomic mass is 10.1. The molecule has 0 spiro atoms. The number of nitrogens with zero attached hydrogens (tertiary/aromatic N) is 2. The number of benzene rings is 1. The van der Waals surface area contributed by atoms with Crippen molar-refractivity contribution in [1.82, 2.24) is 14.5 Å². The summed E-state index contributed by atoms with van der Waals surface area (Å²) in [7, 11) is -3.43. The third kappa shape index (κ3) is 7.11. The van der Waals surface area contributed by atoms with Crippen molar-refractivity contribution < 1.29 is 17.9 Å². The fourth-order valence-electron chi connectivity index (χ4n) is 2.56. The van der Waals surface area contributed by atoms with Crippen molar-refractivity contribution in [3.05, 3.63) is 35.4 Å². The van der Waals surface area contributed by atoms with Crippen molar-refractivity contribution in [2.24, 2.45) is 0 Å². The lowest BCUT2D eigenvalue weighted by Crippen LogP contribution is -2.45. The van der Waals surface area contributed by atoms with Gasteiger partial charge in [0.05, 0.1) is 26.0 Å². The quantitative estimate of drug-likeness (QED) is 0.708. The standard InChI is InChI=1S/C17H27N3O4S/c1-15-3-5-16(6-4-15)13-18-17(21)14-20(25(2,22)23)8-7-19-9-11-24-12-10-19/h3-6H,7-14H2,1-2H3,(H,18,21). The highest BCUT2D eigenvalue weighted by Crippen LogP contribution is 2.04. The highest BCUT2D eigenvalue weighted by atomic mass is 32.2. The normalized spacial score (nSPS) is 16.1. The fourth-order valence-corrected chi connectivity index (χ4v) is 3.33. The second-order valence-corrected chi connectivity index (χ2v) is 8.30. The Labute approximate surface area is 150 Å². The van der Waals surface area contributed by atoms with Crippen LogP contribution in [0.4, 0.5) is 0 Å². The monoisotopic (exact) mass is 369 g/mol. The molecule has 0 unspecified atom stereocenters. The molecule has 8 heteroatoms. The fraction of sp³-hybridized carbons (Fsp3) is 0.588. The zero-order valence-corrected chi connectivity index (χ0v) is 15.7. The number of hydrogen-bond acceptors (Lipinski definition) is 5. The topological polar surface area (TPSA) is 79.0 Å². The molecule has 0 aliphatic carbocycles. The van der Waals surface area contributed by atoms with Gasteiger partial charge in [0, 0.05) is 32.7 Å². The largest absolute Gasteiger partial charge is 0.379 e. The molecule has 2 rings (SSSR count). The lowest BCUT2D eigenvalue weighted by molar-refractivity contribution is -0.121. The molecule has 1 aliphatic rings. The molecule has 1 aliphatic heterocycles. The van der Waals surface area contributed by atoms with E-state index in [0.717, 1.165) is 30.5 Å². The summed E-state index contributed by atoms with van der Waals surface area (Å²) in [6, 6.07) is 7.85. The van der Waals surface area contributed by atoms with E-state index in [4.69, 9.17) is 4.74 Å². The number of amides is 1. The maximum atomic E-state index is 12.1. The van der Waals surface area contributed by atoms with Crippen LogP contribution in [0, 0.1) is 6.92 Å². The van der Waals surface area contributed by atoms with Gasteiger partial charge in [-0.1, -0.05) is 29.8 Å². The molecule has 7 nitrogen and oxygen atoms in total. The summed E-state index contributed by atoms with van der Waals surface area (Å²) in [6.45, 7) is 6.04. The molecule has 1 aromatic carbocycles. The first-order chi connectivity index (χ1) is 11.8. The Morgan fingerprint density at radius 1 is 1.24 bits per heavy atom. The molecular weight excluding hydrogens is 342 g/mol. The number of nitrogens with one attached hydrogen (secondary N) is 1. The maximum Gasteiger partial charge on any atom is 0.235 e. The first kappa shape index (κ1) is 19.8. The van der Waals surface area contributed by atoms with Crippen LogP contribution >= 0.6 is 0 Å². The third-order valence-corrected chi connectivity index (χ3v) is 5.42. The Morgan fingerprint density at radius 3 is 2.48 bits per heavy atom. The van der Waals surface area contributed by atoms with E-state index in [1.54, 1.807) is 0 Å². The lowest BCUT2D eigenvalue weighted by Gasteiger charge is -2.29. The Hall–Kier alpha value is -1.48. The van der Waals surface area contributed by atoms with Gasteiger partial charge in [0.2, 0.25) is 15.9 Å². The van der Waals surface area contributed by atoms with E-state index in [2.05, 4.69) is 10.2 Å². The average molecular weight is 369 g/mol. The van der Waals surface area contributed by atoms with E-state index in [9.17, 15) is 13.2 Å². The van der Waals surface area contributed by atoms with Crippen molar-refractivity contribution in [2.45, 2.75) is 13.5 Å². The van der Waals surface area contributed by atoms with Gasteiger partial charge in [0.25, 0.3) is 0 Å². The Morgan fingerprint density at radius 2 is 1.88 bits per heavy atom. The summed E-state index contributed by atoms with van der Waals surface area (Å²) < 4.78 is 30.4. The molecule has 0 bridgehead atoms. The summed E-state index contributed by atoms with van der Waals surface area (Å²) in [5.41, 5.74) is 2.14. The molecule has 0 aromatic heterocycles. The summed E-state index contributed by atoms with van der Waals surface area (Å²) in [6.07, 6.45) is 1.14. The van der Waals surface area contributed by atoms with E-state index in [1.165, 1.54) is 4.31 Å². The number of aryl methyl sites for hydroxylation is 1. The molecule has 1 saturated heterocycles.